The lowest BCUT2D eigenvalue weighted by Crippen LogP contribution is -1.75. The van der Waals surface area contributed by atoms with Crippen molar-refractivity contribution >= 4 is 22.6 Å². The number of allylic oxidation sites excluding steroid dienone is 2. The first-order chi connectivity index (χ1) is 2.77. The highest BCUT2D eigenvalue weighted by molar-refractivity contribution is 14.1. The van der Waals surface area contributed by atoms with Gasteiger partial charge in [0.1, 0.15) is 0 Å². The first-order valence-corrected chi connectivity index (χ1v) is 3.29. The molecule has 0 aromatic heterocycles. The van der Waals surface area contributed by atoms with Crippen molar-refractivity contribution < 1.29 is 0 Å². The van der Waals surface area contributed by atoms with Gasteiger partial charge in [-0.05, 0) is 13.8 Å². The summed E-state index contributed by atoms with van der Waals surface area (Å²) < 4.78 is 0.688. The van der Waals surface area contributed by atoms with Gasteiger partial charge in [0.2, 0.25) is 0 Å². The highest BCUT2D eigenvalue weighted by Crippen LogP contribution is 1.97. The highest BCUT2D eigenvalue weighted by Gasteiger charge is 1.79. The third-order valence-electron chi connectivity index (χ3n) is 0.458. The molecule has 0 rings (SSSR count). The molecule has 36 valence electrons. The molecule has 1 atom stereocenters. The molecule has 0 aromatic carbocycles. The van der Waals surface area contributed by atoms with E-state index in [4.69, 9.17) is 0 Å². The third kappa shape index (κ3) is 4.47. The number of hydrogen-bond donors (Lipinski definition) is 0. The lowest BCUT2D eigenvalue weighted by atomic mass is 10.4. The highest BCUT2D eigenvalue weighted by atomic mass is 127. The fourth-order valence-corrected chi connectivity index (χ4v) is 0.680. The van der Waals surface area contributed by atoms with Crippen molar-refractivity contribution in [1.29, 1.82) is 0 Å². The van der Waals surface area contributed by atoms with Crippen LogP contribution in [0.15, 0.2) is 12.2 Å². The van der Waals surface area contributed by atoms with Crippen LogP contribution >= 0.6 is 22.6 Å². The van der Waals surface area contributed by atoms with E-state index in [0.717, 1.165) is 0 Å². The molecule has 0 aromatic rings. The second kappa shape index (κ2) is 3.65. The quantitative estimate of drug-likeness (QED) is 0.343. The number of hydrogen-bond acceptors (Lipinski definition) is 0. The van der Waals surface area contributed by atoms with Gasteiger partial charge in [-0.15, -0.1) is 0 Å². The molecule has 0 saturated carbocycles. The molecule has 0 heterocycles. The van der Waals surface area contributed by atoms with Crippen molar-refractivity contribution in [3.63, 3.8) is 0 Å². The molecule has 0 nitrogen and oxygen atoms in total. The second-order valence-corrected chi connectivity index (χ2v) is 3.17. The summed E-state index contributed by atoms with van der Waals surface area (Å²) in [5.41, 5.74) is 0. The molecule has 0 bridgehead atoms. The minimum atomic E-state index is 0.688. The molecule has 6 heavy (non-hydrogen) atoms. The molecule has 0 aliphatic carbocycles. The van der Waals surface area contributed by atoms with E-state index in [-0.39, 0.29) is 0 Å². The predicted molar refractivity (Wildman–Crippen MR) is 38.3 cm³/mol. The Morgan fingerprint density at radius 1 is 1.67 bits per heavy atom. The molecule has 0 aliphatic heterocycles. The summed E-state index contributed by atoms with van der Waals surface area (Å²) in [4.78, 5) is 0. The lowest BCUT2D eigenvalue weighted by molar-refractivity contribution is 1.29. The number of alkyl halides is 1. The predicted octanol–water partition coefficient (Wildman–Crippen LogP) is 2.39. The monoisotopic (exact) mass is 196 g/mol. The Bertz CT molecular complexity index is 45.9. The molecule has 0 fully saturated rings. The Morgan fingerprint density at radius 3 is 2.17 bits per heavy atom. The van der Waals surface area contributed by atoms with Crippen LogP contribution in [0.3, 0.4) is 0 Å². The van der Waals surface area contributed by atoms with E-state index in [9.17, 15) is 0 Å². The van der Waals surface area contributed by atoms with Crippen molar-refractivity contribution in [2.75, 3.05) is 0 Å². The summed E-state index contributed by atoms with van der Waals surface area (Å²) in [7, 11) is 0. The SMILES string of the molecule is C/C=C\C(C)I. The standard InChI is InChI=1S/C5H9I/c1-3-4-5(2)6/h3-5H,1-2H3/b4-3-. The zero-order valence-corrected chi connectivity index (χ0v) is 6.27. The summed E-state index contributed by atoms with van der Waals surface area (Å²) in [6.07, 6.45) is 4.22. The molecular weight excluding hydrogens is 187 g/mol. The van der Waals surface area contributed by atoms with E-state index < -0.39 is 0 Å². The minimum absolute atomic E-state index is 0.688. The van der Waals surface area contributed by atoms with Gasteiger partial charge >= 0.3 is 0 Å². The van der Waals surface area contributed by atoms with Crippen LogP contribution in [0.25, 0.3) is 0 Å². The van der Waals surface area contributed by atoms with Crippen molar-refractivity contribution in [3.8, 4) is 0 Å². The summed E-state index contributed by atoms with van der Waals surface area (Å²) in [5.74, 6) is 0. The van der Waals surface area contributed by atoms with Gasteiger partial charge in [0.05, 0.1) is 0 Å². The Balaban J connectivity index is 3.03. The van der Waals surface area contributed by atoms with Crippen LogP contribution < -0.4 is 0 Å². The molecule has 1 unspecified atom stereocenters. The molecule has 0 radical (unpaired) electrons. The molecule has 0 saturated heterocycles. The first-order valence-electron chi connectivity index (χ1n) is 2.04. The van der Waals surface area contributed by atoms with Gasteiger partial charge in [-0.25, -0.2) is 0 Å². The minimum Gasteiger partial charge on any atom is -0.0906 e. The maximum absolute atomic E-state index is 2.36. The average Bonchev–Trinajstić information content (AvgIpc) is 1.35. The Kier molecular flexibility index (Phi) is 3.94. The van der Waals surface area contributed by atoms with Crippen molar-refractivity contribution in [1.82, 2.24) is 0 Å². The van der Waals surface area contributed by atoms with E-state index in [0.29, 0.717) is 3.92 Å². The Hall–Kier alpha value is 0.470. The topological polar surface area (TPSA) is 0 Å². The van der Waals surface area contributed by atoms with Crippen LogP contribution in [0.5, 0.6) is 0 Å². The fourth-order valence-electron chi connectivity index (χ4n) is 0.265. The van der Waals surface area contributed by atoms with Gasteiger partial charge in [0, 0.05) is 3.92 Å². The Morgan fingerprint density at radius 2 is 2.17 bits per heavy atom. The third-order valence-corrected chi connectivity index (χ3v) is 0.873. The van der Waals surface area contributed by atoms with Crippen molar-refractivity contribution in [2.24, 2.45) is 0 Å². The molecule has 0 amide bonds. The largest absolute Gasteiger partial charge is 0.0906 e. The van der Waals surface area contributed by atoms with Gasteiger partial charge in [-0.3, -0.25) is 0 Å². The molecule has 0 aliphatic rings. The summed E-state index contributed by atoms with van der Waals surface area (Å²) in [5, 5.41) is 0. The molecule has 0 spiro atoms. The van der Waals surface area contributed by atoms with Gasteiger partial charge in [-0.2, -0.15) is 0 Å². The lowest BCUT2D eigenvalue weighted by Gasteiger charge is -1.84. The second-order valence-electron chi connectivity index (χ2n) is 1.20. The van der Waals surface area contributed by atoms with Crippen LogP contribution in [0.1, 0.15) is 13.8 Å². The van der Waals surface area contributed by atoms with Crippen LogP contribution in [0.2, 0.25) is 0 Å². The number of rotatable bonds is 1. The van der Waals surface area contributed by atoms with Crippen LogP contribution in [-0.2, 0) is 0 Å². The normalized spacial score (nSPS) is 15.8. The van der Waals surface area contributed by atoms with Gasteiger partial charge in [0.25, 0.3) is 0 Å². The van der Waals surface area contributed by atoms with Gasteiger partial charge in [0.15, 0.2) is 0 Å². The van der Waals surface area contributed by atoms with Crippen LogP contribution in [0, 0.1) is 0 Å². The first kappa shape index (κ1) is 6.47. The number of halogens is 1. The smallest absolute Gasteiger partial charge is 0.0261 e. The summed E-state index contributed by atoms with van der Waals surface area (Å²) >= 11 is 2.36. The zero-order valence-electron chi connectivity index (χ0n) is 4.11. The summed E-state index contributed by atoms with van der Waals surface area (Å²) in [6.45, 7) is 4.19. The molecule has 0 N–H and O–H groups in total. The van der Waals surface area contributed by atoms with E-state index in [1.807, 2.05) is 6.92 Å². The van der Waals surface area contributed by atoms with Gasteiger partial charge < -0.3 is 0 Å². The zero-order chi connectivity index (χ0) is 4.99. The maximum Gasteiger partial charge on any atom is 0.0261 e. The van der Waals surface area contributed by atoms with E-state index in [1.165, 1.54) is 0 Å². The fraction of sp³-hybridized carbons (Fsp3) is 0.600. The van der Waals surface area contributed by atoms with E-state index >= 15 is 0 Å². The van der Waals surface area contributed by atoms with E-state index in [1.54, 1.807) is 0 Å². The van der Waals surface area contributed by atoms with Crippen molar-refractivity contribution in [2.45, 2.75) is 17.8 Å². The Labute approximate surface area is 52.8 Å². The molecule has 1 heteroatoms. The van der Waals surface area contributed by atoms with E-state index in [2.05, 4.69) is 41.7 Å². The van der Waals surface area contributed by atoms with Crippen LogP contribution in [-0.4, -0.2) is 3.92 Å². The maximum atomic E-state index is 2.36. The van der Waals surface area contributed by atoms with Crippen molar-refractivity contribution in [3.05, 3.63) is 12.2 Å². The van der Waals surface area contributed by atoms with Gasteiger partial charge in [-0.1, -0.05) is 34.7 Å². The molecular formula is C5H9I. The van der Waals surface area contributed by atoms with Crippen LogP contribution in [0.4, 0.5) is 0 Å². The summed E-state index contributed by atoms with van der Waals surface area (Å²) in [6, 6.07) is 0. The average molecular weight is 196 g/mol.